The van der Waals surface area contributed by atoms with Crippen molar-refractivity contribution in [2.24, 2.45) is 5.92 Å². The van der Waals surface area contributed by atoms with Gasteiger partial charge in [0, 0.05) is 25.2 Å². The lowest BCUT2D eigenvalue weighted by Gasteiger charge is -2.17. The summed E-state index contributed by atoms with van der Waals surface area (Å²) < 4.78 is 5.58. The first-order valence-electron chi connectivity index (χ1n) is 7.34. The lowest BCUT2D eigenvalue weighted by molar-refractivity contribution is -0.384. The molecule has 0 amide bonds. The van der Waals surface area contributed by atoms with Crippen molar-refractivity contribution in [3.63, 3.8) is 0 Å². The van der Waals surface area contributed by atoms with E-state index in [-0.39, 0.29) is 11.8 Å². The number of aliphatic hydroxyl groups is 1. The predicted octanol–water partition coefficient (Wildman–Crippen LogP) is 2.07. The molecule has 2 rings (SSSR count). The highest BCUT2D eigenvalue weighted by Crippen LogP contribution is 2.20. The van der Waals surface area contributed by atoms with E-state index in [9.17, 15) is 15.2 Å². The van der Waals surface area contributed by atoms with E-state index in [0.717, 1.165) is 32.5 Å². The maximum Gasteiger partial charge on any atom is 0.269 e. The molecule has 1 aromatic rings. The Kier molecular flexibility index (Phi) is 5.52. The highest BCUT2D eigenvalue weighted by molar-refractivity contribution is 5.35. The number of nitro groups is 1. The predicted molar refractivity (Wildman–Crippen MR) is 79.4 cm³/mol. The van der Waals surface area contributed by atoms with Crippen LogP contribution in [0.25, 0.3) is 0 Å². The fraction of sp³-hybridized carbons (Fsp3) is 0.600. The van der Waals surface area contributed by atoms with Crippen molar-refractivity contribution < 1.29 is 14.8 Å². The van der Waals surface area contributed by atoms with E-state index >= 15 is 0 Å². The Morgan fingerprint density at radius 1 is 1.48 bits per heavy atom. The molecule has 1 aromatic carbocycles. The van der Waals surface area contributed by atoms with Crippen LogP contribution in [0.15, 0.2) is 24.3 Å². The van der Waals surface area contributed by atoms with Gasteiger partial charge in [0.2, 0.25) is 0 Å². The van der Waals surface area contributed by atoms with E-state index in [1.54, 1.807) is 12.1 Å². The average molecular weight is 294 g/mol. The molecule has 0 radical (unpaired) electrons. The molecule has 2 unspecified atom stereocenters. The molecule has 0 bridgehead atoms. The summed E-state index contributed by atoms with van der Waals surface area (Å²) in [6.07, 6.45) is 1.73. The van der Waals surface area contributed by atoms with Crippen LogP contribution in [0.2, 0.25) is 0 Å². The van der Waals surface area contributed by atoms with Gasteiger partial charge in [-0.15, -0.1) is 0 Å². The molecule has 0 aliphatic carbocycles. The topological polar surface area (TPSA) is 75.8 Å². The Balaban J connectivity index is 1.65. The van der Waals surface area contributed by atoms with Crippen LogP contribution < -0.4 is 4.74 Å². The summed E-state index contributed by atoms with van der Waals surface area (Å²) in [4.78, 5) is 12.5. The van der Waals surface area contributed by atoms with Crippen molar-refractivity contribution in [2.75, 3.05) is 26.2 Å². The molecule has 0 saturated carbocycles. The van der Waals surface area contributed by atoms with Crippen molar-refractivity contribution in [2.45, 2.75) is 25.9 Å². The average Bonchev–Trinajstić information content (AvgIpc) is 2.93. The van der Waals surface area contributed by atoms with Crippen molar-refractivity contribution in [1.29, 1.82) is 0 Å². The molecule has 116 valence electrons. The number of hydrogen-bond donors (Lipinski definition) is 1. The number of non-ortho nitro benzene ring substituents is 1. The van der Waals surface area contributed by atoms with Gasteiger partial charge < -0.3 is 14.7 Å². The van der Waals surface area contributed by atoms with Crippen molar-refractivity contribution in [3.05, 3.63) is 34.4 Å². The molecule has 6 nitrogen and oxygen atoms in total. The molecular formula is C15H22N2O4. The minimum atomic E-state index is -0.421. The van der Waals surface area contributed by atoms with Crippen LogP contribution in [0.5, 0.6) is 5.75 Å². The first-order chi connectivity index (χ1) is 10.1. The quantitative estimate of drug-likeness (QED) is 0.473. The van der Waals surface area contributed by atoms with Crippen LogP contribution in [0.3, 0.4) is 0 Å². The summed E-state index contributed by atoms with van der Waals surface area (Å²) in [7, 11) is 0. The minimum Gasteiger partial charge on any atom is -0.494 e. The second kappa shape index (κ2) is 7.38. The number of rotatable bonds is 7. The van der Waals surface area contributed by atoms with Gasteiger partial charge in [-0.1, -0.05) is 0 Å². The third kappa shape index (κ3) is 4.68. The standard InChI is InChI=1S/C15H22N2O4/c1-12(18)13-7-9-16(11-13)8-2-10-21-15-5-3-14(4-6-15)17(19)20/h3-6,12-13,18H,2,7-11H2,1H3. The number of benzene rings is 1. The molecule has 2 atom stereocenters. The number of nitrogens with zero attached hydrogens (tertiary/aromatic N) is 2. The fourth-order valence-electron chi connectivity index (χ4n) is 2.60. The van der Waals surface area contributed by atoms with E-state index in [0.29, 0.717) is 18.3 Å². The number of hydrogen-bond acceptors (Lipinski definition) is 5. The zero-order chi connectivity index (χ0) is 15.2. The Hall–Kier alpha value is -1.66. The van der Waals surface area contributed by atoms with E-state index < -0.39 is 4.92 Å². The first-order valence-corrected chi connectivity index (χ1v) is 7.34. The van der Waals surface area contributed by atoms with E-state index in [4.69, 9.17) is 4.74 Å². The molecule has 1 saturated heterocycles. The summed E-state index contributed by atoms with van der Waals surface area (Å²) in [5.41, 5.74) is 0.0728. The third-order valence-corrected chi connectivity index (χ3v) is 3.93. The van der Waals surface area contributed by atoms with E-state index in [1.165, 1.54) is 12.1 Å². The Morgan fingerprint density at radius 3 is 2.76 bits per heavy atom. The van der Waals surface area contributed by atoms with Gasteiger partial charge in [0.15, 0.2) is 0 Å². The van der Waals surface area contributed by atoms with Crippen molar-refractivity contribution in [3.8, 4) is 5.75 Å². The van der Waals surface area contributed by atoms with E-state index in [2.05, 4.69) is 4.90 Å². The van der Waals surface area contributed by atoms with Crippen LogP contribution >= 0.6 is 0 Å². The number of likely N-dealkylation sites (tertiary alicyclic amines) is 1. The summed E-state index contributed by atoms with van der Waals surface area (Å²) in [5.74, 6) is 1.05. The van der Waals surface area contributed by atoms with Gasteiger partial charge in [-0.05, 0) is 44.4 Å². The lowest BCUT2D eigenvalue weighted by Crippen LogP contribution is -2.26. The second-order valence-electron chi connectivity index (χ2n) is 5.54. The molecule has 1 aliphatic heterocycles. The molecule has 1 N–H and O–H groups in total. The molecule has 1 aliphatic rings. The molecular weight excluding hydrogens is 272 g/mol. The Labute approximate surface area is 124 Å². The largest absolute Gasteiger partial charge is 0.494 e. The van der Waals surface area contributed by atoms with Crippen LogP contribution in [-0.4, -0.2) is 47.3 Å². The molecule has 0 aromatic heterocycles. The van der Waals surface area contributed by atoms with Gasteiger partial charge in [-0.3, -0.25) is 10.1 Å². The fourth-order valence-corrected chi connectivity index (χ4v) is 2.60. The molecule has 0 spiro atoms. The molecule has 21 heavy (non-hydrogen) atoms. The second-order valence-corrected chi connectivity index (χ2v) is 5.54. The van der Waals surface area contributed by atoms with Gasteiger partial charge in [0.05, 0.1) is 17.6 Å². The van der Waals surface area contributed by atoms with Gasteiger partial charge in [-0.25, -0.2) is 0 Å². The summed E-state index contributed by atoms with van der Waals surface area (Å²) in [6.45, 7) is 5.39. The van der Waals surface area contributed by atoms with Crippen LogP contribution in [0.1, 0.15) is 19.8 Å². The van der Waals surface area contributed by atoms with Gasteiger partial charge in [0.25, 0.3) is 5.69 Å². The highest BCUT2D eigenvalue weighted by Gasteiger charge is 2.25. The monoisotopic (exact) mass is 294 g/mol. The number of aliphatic hydroxyl groups excluding tert-OH is 1. The maximum atomic E-state index is 10.5. The summed E-state index contributed by atoms with van der Waals surface area (Å²) in [6, 6.07) is 6.14. The summed E-state index contributed by atoms with van der Waals surface area (Å²) >= 11 is 0. The zero-order valence-corrected chi connectivity index (χ0v) is 12.3. The van der Waals surface area contributed by atoms with E-state index in [1.807, 2.05) is 6.92 Å². The first kappa shape index (κ1) is 15.7. The van der Waals surface area contributed by atoms with Crippen molar-refractivity contribution >= 4 is 5.69 Å². The smallest absolute Gasteiger partial charge is 0.269 e. The Morgan fingerprint density at radius 2 is 2.19 bits per heavy atom. The Bertz CT molecular complexity index is 461. The maximum absolute atomic E-state index is 10.5. The van der Waals surface area contributed by atoms with Gasteiger partial charge >= 0.3 is 0 Å². The van der Waals surface area contributed by atoms with Gasteiger partial charge in [0.1, 0.15) is 5.75 Å². The van der Waals surface area contributed by atoms with Crippen LogP contribution in [-0.2, 0) is 0 Å². The third-order valence-electron chi connectivity index (χ3n) is 3.93. The SMILES string of the molecule is CC(O)C1CCN(CCCOc2ccc([N+](=O)[O-])cc2)C1. The molecule has 1 fully saturated rings. The molecule has 1 heterocycles. The minimum absolute atomic E-state index is 0.0728. The number of ether oxygens (including phenoxy) is 1. The normalized spacial score (nSPS) is 20.4. The highest BCUT2D eigenvalue weighted by atomic mass is 16.6. The van der Waals surface area contributed by atoms with Crippen LogP contribution in [0, 0.1) is 16.0 Å². The molecule has 6 heteroatoms. The van der Waals surface area contributed by atoms with Crippen molar-refractivity contribution in [1.82, 2.24) is 4.90 Å². The summed E-state index contributed by atoms with van der Waals surface area (Å²) in [5, 5.41) is 20.1. The van der Waals surface area contributed by atoms with Gasteiger partial charge in [-0.2, -0.15) is 0 Å². The number of nitro benzene ring substituents is 1. The zero-order valence-electron chi connectivity index (χ0n) is 12.3. The lowest BCUT2D eigenvalue weighted by atomic mass is 10.0. The van der Waals surface area contributed by atoms with Crippen LogP contribution in [0.4, 0.5) is 5.69 Å².